The van der Waals surface area contributed by atoms with E-state index in [9.17, 15) is 9.59 Å². The number of carbonyl (C=O) groups excluding carboxylic acids is 2. The minimum absolute atomic E-state index is 0.0993. The van der Waals surface area contributed by atoms with E-state index < -0.39 is 5.54 Å². The first kappa shape index (κ1) is 20.2. The topological polar surface area (TPSA) is 65.1 Å². The number of hydrogen-bond donors (Lipinski definition) is 1. The summed E-state index contributed by atoms with van der Waals surface area (Å²) in [5.74, 6) is 1.25. The molecule has 0 unspecified atom stereocenters. The van der Waals surface area contributed by atoms with Crippen LogP contribution in [-0.4, -0.2) is 72.6 Å². The molecule has 29 heavy (non-hydrogen) atoms. The van der Waals surface area contributed by atoms with Crippen molar-refractivity contribution in [3.8, 4) is 5.75 Å². The fraction of sp³-hybridized carbons (Fsp3) is 0.636. The quantitative estimate of drug-likeness (QED) is 0.786. The monoisotopic (exact) mass is 400 g/mol. The van der Waals surface area contributed by atoms with Crippen molar-refractivity contribution in [3.63, 3.8) is 0 Å². The lowest BCUT2D eigenvalue weighted by molar-refractivity contribution is -0.130. The van der Waals surface area contributed by atoms with Gasteiger partial charge in [-0.25, -0.2) is 4.79 Å². The number of likely N-dealkylation sites (N-methyl/N-ethyl adjacent to an activating group) is 1. The van der Waals surface area contributed by atoms with E-state index in [0.29, 0.717) is 25.4 Å². The van der Waals surface area contributed by atoms with E-state index in [-0.39, 0.29) is 17.5 Å². The molecule has 1 aromatic rings. The van der Waals surface area contributed by atoms with Gasteiger partial charge in [0.2, 0.25) is 0 Å². The third-order valence-corrected chi connectivity index (χ3v) is 6.53. The summed E-state index contributed by atoms with van der Waals surface area (Å²) in [5, 5.41) is 3.29. The molecular weight excluding hydrogens is 368 g/mol. The second-order valence-corrected chi connectivity index (χ2v) is 9.51. The lowest BCUT2D eigenvalue weighted by Crippen LogP contribution is -2.57. The van der Waals surface area contributed by atoms with Gasteiger partial charge in [0.25, 0.3) is 5.91 Å². The smallest absolute Gasteiger partial charge is 0.331 e. The van der Waals surface area contributed by atoms with Gasteiger partial charge >= 0.3 is 6.03 Å². The van der Waals surface area contributed by atoms with E-state index in [1.54, 1.807) is 11.9 Å². The lowest BCUT2D eigenvalue weighted by atomic mass is 9.86. The van der Waals surface area contributed by atoms with Crippen LogP contribution < -0.4 is 15.0 Å². The Labute approximate surface area is 173 Å². The van der Waals surface area contributed by atoms with Gasteiger partial charge in [-0.3, -0.25) is 19.5 Å². The van der Waals surface area contributed by atoms with Crippen LogP contribution in [0.15, 0.2) is 24.3 Å². The van der Waals surface area contributed by atoms with Crippen molar-refractivity contribution in [2.24, 2.45) is 5.92 Å². The van der Waals surface area contributed by atoms with Gasteiger partial charge in [-0.05, 0) is 71.0 Å². The van der Waals surface area contributed by atoms with Crippen molar-refractivity contribution in [2.75, 3.05) is 44.7 Å². The highest BCUT2D eigenvalue weighted by atomic mass is 16.5. The van der Waals surface area contributed by atoms with Crippen molar-refractivity contribution < 1.29 is 14.3 Å². The van der Waals surface area contributed by atoms with Crippen LogP contribution in [0.4, 0.5) is 10.5 Å². The van der Waals surface area contributed by atoms with Gasteiger partial charge in [0.1, 0.15) is 11.3 Å². The third kappa shape index (κ3) is 3.51. The SMILES string of the molecule is CN1C(=O)N(c2ccc(OCC3CN(C(C)(C)C)C3)cc2)C2(CCNCC2)C1=O. The zero-order valence-corrected chi connectivity index (χ0v) is 17.9. The summed E-state index contributed by atoms with van der Waals surface area (Å²) in [4.78, 5) is 31.1. The van der Waals surface area contributed by atoms with Gasteiger partial charge in [0, 0.05) is 37.3 Å². The summed E-state index contributed by atoms with van der Waals surface area (Å²) in [6, 6.07) is 7.35. The molecule has 0 saturated carbocycles. The summed E-state index contributed by atoms with van der Waals surface area (Å²) < 4.78 is 5.98. The van der Waals surface area contributed by atoms with Gasteiger partial charge in [-0.2, -0.15) is 0 Å². The number of anilines is 1. The molecule has 158 valence electrons. The molecule has 3 saturated heterocycles. The molecule has 1 aromatic carbocycles. The average Bonchev–Trinajstić information content (AvgIpc) is 2.82. The first-order valence-electron chi connectivity index (χ1n) is 10.5. The Balaban J connectivity index is 1.42. The third-order valence-electron chi connectivity index (χ3n) is 6.53. The average molecular weight is 401 g/mol. The Kier molecular flexibility index (Phi) is 5.07. The Hall–Kier alpha value is -2.12. The summed E-state index contributed by atoms with van der Waals surface area (Å²) in [7, 11) is 1.57. The highest BCUT2D eigenvalue weighted by molar-refractivity contribution is 6.16. The minimum Gasteiger partial charge on any atom is -0.493 e. The number of hydrogen-bond acceptors (Lipinski definition) is 5. The summed E-state index contributed by atoms with van der Waals surface area (Å²) >= 11 is 0. The summed E-state index contributed by atoms with van der Waals surface area (Å²) in [6.45, 7) is 11.0. The highest BCUT2D eigenvalue weighted by Crippen LogP contribution is 2.39. The normalized spacial score (nSPS) is 23.0. The van der Waals surface area contributed by atoms with Crippen molar-refractivity contribution in [1.82, 2.24) is 15.1 Å². The van der Waals surface area contributed by atoms with Crippen LogP contribution in [0.1, 0.15) is 33.6 Å². The van der Waals surface area contributed by atoms with E-state index in [0.717, 1.165) is 37.6 Å². The fourth-order valence-corrected chi connectivity index (χ4v) is 4.59. The number of nitrogens with one attached hydrogen (secondary N) is 1. The Morgan fingerprint density at radius 3 is 2.31 bits per heavy atom. The summed E-state index contributed by atoms with van der Waals surface area (Å²) in [5.41, 5.74) is 0.210. The van der Waals surface area contributed by atoms with Crippen molar-refractivity contribution >= 4 is 17.6 Å². The zero-order valence-electron chi connectivity index (χ0n) is 17.9. The highest BCUT2D eigenvalue weighted by Gasteiger charge is 2.56. The molecule has 0 bridgehead atoms. The first-order chi connectivity index (χ1) is 13.7. The van der Waals surface area contributed by atoms with Gasteiger partial charge in [0.15, 0.2) is 0 Å². The van der Waals surface area contributed by atoms with Crippen LogP contribution in [-0.2, 0) is 4.79 Å². The van der Waals surface area contributed by atoms with Crippen LogP contribution in [0, 0.1) is 5.92 Å². The molecular formula is C22H32N4O3. The van der Waals surface area contributed by atoms with E-state index in [2.05, 4.69) is 31.0 Å². The first-order valence-corrected chi connectivity index (χ1v) is 10.5. The predicted molar refractivity (Wildman–Crippen MR) is 112 cm³/mol. The van der Waals surface area contributed by atoms with Gasteiger partial charge in [-0.15, -0.1) is 0 Å². The maximum Gasteiger partial charge on any atom is 0.331 e. The molecule has 3 amide bonds. The van der Waals surface area contributed by atoms with E-state index in [1.807, 2.05) is 24.3 Å². The van der Waals surface area contributed by atoms with Crippen LogP contribution >= 0.6 is 0 Å². The maximum atomic E-state index is 12.9. The van der Waals surface area contributed by atoms with Gasteiger partial charge < -0.3 is 10.1 Å². The number of carbonyl (C=O) groups is 2. The van der Waals surface area contributed by atoms with E-state index in [1.165, 1.54) is 4.90 Å². The Morgan fingerprint density at radius 1 is 1.10 bits per heavy atom. The largest absolute Gasteiger partial charge is 0.493 e. The maximum absolute atomic E-state index is 12.9. The molecule has 7 heteroatoms. The fourth-order valence-electron chi connectivity index (χ4n) is 4.59. The van der Waals surface area contributed by atoms with Crippen LogP contribution in [0.25, 0.3) is 0 Å². The zero-order chi connectivity index (χ0) is 20.8. The standard InChI is InChI=1S/C22H32N4O3/c1-21(2,3)25-13-16(14-25)15-29-18-7-5-17(6-8-18)26-20(28)24(4)19(27)22(26)9-11-23-12-10-22/h5-8,16,23H,9-15H2,1-4H3. The molecule has 0 atom stereocenters. The Bertz CT molecular complexity index is 774. The second kappa shape index (κ2) is 7.29. The molecule has 3 fully saturated rings. The number of piperidine rings is 1. The van der Waals surface area contributed by atoms with Crippen LogP contribution in [0.2, 0.25) is 0 Å². The summed E-state index contributed by atoms with van der Waals surface area (Å²) in [6.07, 6.45) is 1.26. The van der Waals surface area contributed by atoms with Crippen molar-refractivity contribution in [3.05, 3.63) is 24.3 Å². The molecule has 3 heterocycles. The number of benzene rings is 1. The molecule has 0 aromatic heterocycles. The predicted octanol–water partition coefficient (Wildman–Crippen LogP) is 2.32. The van der Waals surface area contributed by atoms with Crippen LogP contribution in [0.5, 0.6) is 5.75 Å². The number of nitrogens with zero attached hydrogens (tertiary/aromatic N) is 3. The molecule has 1 spiro atoms. The number of urea groups is 1. The second-order valence-electron chi connectivity index (χ2n) is 9.51. The molecule has 0 aliphatic carbocycles. The van der Waals surface area contributed by atoms with Crippen LogP contribution in [0.3, 0.4) is 0 Å². The molecule has 3 aliphatic rings. The number of rotatable bonds is 4. The van der Waals surface area contributed by atoms with Gasteiger partial charge in [-0.1, -0.05) is 0 Å². The molecule has 3 aliphatic heterocycles. The number of imide groups is 1. The molecule has 7 nitrogen and oxygen atoms in total. The number of likely N-dealkylation sites (tertiary alicyclic amines) is 1. The molecule has 1 N–H and O–H groups in total. The Morgan fingerprint density at radius 2 is 1.72 bits per heavy atom. The number of ether oxygens (including phenoxy) is 1. The molecule has 0 radical (unpaired) electrons. The van der Waals surface area contributed by atoms with Crippen molar-refractivity contribution in [1.29, 1.82) is 0 Å². The number of amides is 3. The van der Waals surface area contributed by atoms with E-state index >= 15 is 0 Å². The van der Waals surface area contributed by atoms with Crippen molar-refractivity contribution in [2.45, 2.75) is 44.7 Å². The van der Waals surface area contributed by atoms with E-state index in [4.69, 9.17) is 4.74 Å². The molecule has 4 rings (SSSR count). The lowest BCUT2D eigenvalue weighted by Gasteiger charge is -2.47. The minimum atomic E-state index is -0.762. The van der Waals surface area contributed by atoms with Gasteiger partial charge in [0.05, 0.1) is 6.61 Å².